The van der Waals surface area contributed by atoms with Gasteiger partial charge in [-0.3, -0.25) is 9.69 Å². The molecule has 1 aromatic carbocycles. The predicted molar refractivity (Wildman–Crippen MR) is 107 cm³/mol. The van der Waals surface area contributed by atoms with E-state index in [4.69, 9.17) is 9.47 Å². The van der Waals surface area contributed by atoms with Crippen molar-refractivity contribution in [3.8, 4) is 0 Å². The van der Waals surface area contributed by atoms with Crippen molar-refractivity contribution in [2.75, 3.05) is 18.1 Å². The van der Waals surface area contributed by atoms with Gasteiger partial charge in [-0.05, 0) is 51.0 Å². The molecule has 1 aliphatic rings. The van der Waals surface area contributed by atoms with Crippen molar-refractivity contribution in [2.45, 2.75) is 40.3 Å². The fourth-order valence-electron chi connectivity index (χ4n) is 3.25. The monoisotopic (exact) mass is 399 g/mol. The fourth-order valence-corrected chi connectivity index (χ4v) is 3.25. The highest BCUT2D eigenvalue weighted by Crippen LogP contribution is 2.21. The molecular weight excluding hydrogens is 374 g/mol. The van der Waals surface area contributed by atoms with Crippen LogP contribution in [0.15, 0.2) is 24.3 Å². The Labute approximate surface area is 169 Å². The van der Waals surface area contributed by atoms with Gasteiger partial charge in [0.05, 0.1) is 18.2 Å². The van der Waals surface area contributed by atoms with Gasteiger partial charge in [-0.1, -0.05) is 12.1 Å². The molecule has 3 rings (SSSR count). The largest absolute Gasteiger partial charge is 0.459 e. The Hall–Kier alpha value is -3.29. The van der Waals surface area contributed by atoms with E-state index in [1.165, 1.54) is 0 Å². The number of hydrogen-bond donors (Lipinski definition) is 2. The number of anilines is 1. The highest BCUT2D eigenvalue weighted by molar-refractivity contribution is 6.00. The SMILES string of the molecule is Cc1[nH]c(C(=O)NCc2ccc(N3CCOC3=O)cc2)c(C)c1C(=O)OC(C)C. The molecule has 1 fully saturated rings. The van der Waals surface area contributed by atoms with E-state index in [0.29, 0.717) is 42.2 Å². The zero-order valence-corrected chi connectivity index (χ0v) is 17.0. The summed E-state index contributed by atoms with van der Waals surface area (Å²) in [6.07, 6.45) is -0.589. The molecule has 2 amide bonds. The molecule has 0 spiro atoms. The number of carbonyl (C=O) groups is 3. The highest BCUT2D eigenvalue weighted by Gasteiger charge is 2.24. The summed E-state index contributed by atoms with van der Waals surface area (Å²) >= 11 is 0. The third-order valence-electron chi connectivity index (χ3n) is 4.67. The van der Waals surface area contributed by atoms with Gasteiger partial charge in [0.15, 0.2) is 0 Å². The Balaban J connectivity index is 1.65. The maximum atomic E-state index is 12.6. The zero-order chi connectivity index (χ0) is 21.1. The van der Waals surface area contributed by atoms with Crippen LogP contribution in [-0.4, -0.2) is 42.2 Å². The second-order valence-corrected chi connectivity index (χ2v) is 7.19. The number of nitrogens with one attached hydrogen (secondary N) is 2. The number of cyclic esters (lactones) is 1. The standard InChI is InChI=1S/C21H25N3O5/c1-12(2)29-20(26)17-13(3)18(23-14(17)4)19(25)22-11-15-5-7-16(8-6-15)24-9-10-28-21(24)27/h5-8,12,23H,9-11H2,1-4H3,(H,22,25). The van der Waals surface area contributed by atoms with Crippen LogP contribution in [0.25, 0.3) is 0 Å². The van der Waals surface area contributed by atoms with Crippen molar-refractivity contribution < 1.29 is 23.9 Å². The molecule has 1 aromatic heterocycles. The first-order chi connectivity index (χ1) is 13.8. The smallest absolute Gasteiger partial charge is 0.414 e. The second-order valence-electron chi connectivity index (χ2n) is 7.19. The number of aromatic nitrogens is 1. The molecule has 154 valence electrons. The topological polar surface area (TPSA) is 101 Å². The number of amides is 2. The minimum absolute atomic E-state index is 0.237. The molecule has 2 N–H and O–H groups in total. The van der Waals surface area contributed by atoms with Gasteiger partial charge in [-0.15, -0.1) is 0 Å². The first-order valence-electron chi connectivity index (χ1n) is 9.49. The molecule has 0 radical (unpaired) electrons. The number of H-pyrrole nitrogens is 1. The van der Waals surface area contributed by atoms with Crippen LogP contribution in [0, 0.1) is 13.8 Å². The number of nitrogens with zero attached hydrogens (tertiary/aromatic N) is 1. The molecule has 2 heterocycles. The van der Waals surface area contributed by atoms with Gasteiger partial charge in [-0.25, -0.2) is 9.59 Å². The Morgan fingerprint density at radius 1 is 1.24 bits per heavy atom. The molecule has 8 nitrogen and oxygen atoms in total. The quantitative estimate of drug-likeness (QED) is 0.727. The van der Waals surface area contributed by atoms with E-state index in [2.05, 4.69) is 10.3 Å². The Morgan fingerprint density at radius 2 is 1.93 bits per heavy atom. The van der Waals surface area contributed by atoms with E-state index in [1.807, 2.05) is 24.3 Å². The average Bonchev–Trinajstić information content (AvgIpc) is 3.22. The van der Waals surface area contributed by atoms with Gasteiger partial charge in [0.25, 0.3) is 5.91 Å². The molecule has 0 unspecified atom stereocenters. The van der Waals surface area contributed by atoms with Crippen molar-refractivity contribution in [1.82, 2.24) is 10.3 Å². The maximum Gasteiger partial charge on any atom is 0.414 e. The summed E-state index contributed by atoms with van der Waals surface area (Å²) in [5.41, 5.74) is 3.54. The highest BCUT2D eigenvalue weighted by atomic mass is 16.6. The lowest BCUT2D eigenvalue weighted by atomic mass is 10.1. The van der Waals surface area contributed by atoms with Crippen LogP contribution in [0.4, 0.5) is 10.5 Å². The van der Waals surface area contributed by atoms with Crippen molar-refractivity contribution in [3.63, 3.8) is 0 Å². The van der Waals surface area contributed by atoms with E-state index in [9.17, 15) is 14.4 Å². The summed E-state index contributed by atoms with van der Waals surface area (Å²) in [5.74, 6) is -0.747. The van der Waals surface area contributed by atoms with Crippen LogP contribution in [0.2, 0.25) is 0 Å². The molecule has 0 bridgehead atoms. The predicted octanol–water partition coefficient (Wildman–Crippen LogP) is 3.08. The molecular formula is C21H25N3O5. The van der Waals surface area contributed by atoms with E-state index in [1.54, 1.807) is 32.6 Å². The van der Waals surface area contributed by atoms with E-state index in [0.717, 1.165) is 11.3 Å². The normalized spacial score (nSPS) is 13.6. The Morgan fingerprint density at radius 3 is 2.52 bits per heavy atom. The Kier molecular flexibility index (Phi) is 5.91. The van der Waals surface area contributed by atoms with Gasteiger partial charge in [0, 0.05) is 17.9 Å². The van der Waals surface area contributed by atoms with Crippen LogP contribution in [0.5, 0.6) is 0 Å². The third-order valence-corrected chi connectivity index (χ3v) is 4.67. The number of ether oxygens (including phenoxy) is 2. The van der Waals surface area contributed by atoms with Gasteiger partial charge >= 0.3 is 12.1 Å². The summed E-state index contributed by atoms with van der Waals surface area (Å²) in [5, 5.41) is 2.85. The Bertz CT molecular complexity index is 931. The number of aryl methyl sites for hydroxylation is 1. The van der Waals surface area contributed by atoms with E-state index < -0.39 is 5.97 Å². The number of hydrogen-bond acceptors (Lipinski definition) is 5. The molecule has 2 aromatic rings. The first kappa shape index (κ1) is 20.4. The summed E-state index contributed by atoms with van der Waals surface area (Å²) in [4.78, 5) is 41.0. The second kappa shape index (κ2) is 8.38. The van der Waals surface area contributed by atoms with Gasteiger partial charge < -0.3 is 19.8 Å². The molecule has 1 saturated heterocycles. The summed E-state index contributed by atoms with van der Waals surface area (Å²) in [6, 6.07) is 7.33. The van der Waals surface area contributed by atoms with Crippen LogP contribution in [-0.2, 0) is 16.0 Å². The number of esters is 1. The van der Waals surface area contributed by atoms with Crippen LogP contribution >= 0.6 is 0 Å². The van der Waals surface area contributed by atoms with E-state index in [-0.39, 0.29) is 18.1 Å². The summed E-state index contributed by atoms with van der Waals surface area (Å²) < 4.78 is 10.2. The lowest BCUT2D eigenvalue weighted by molar-refractivity contribution is 0.0376. The van der Waals surface area contributed by atoms with Gasteiger partial charge in [0.1, 0.15) is 12.3 Å². The minimum Gasteiger partial charge on any atom is -0.459 e. The first-order valence-corrected chi connectivity index (χ1v) is 9.49. The van der Waals surface area contributed by atoms with Crippen LogP contribution in [0.1, 0.15) is 51.5 Å². The molecule has 0 saturated carbocycles. The van der Waals surface area contributed by atoms with E-state index >= 15 is 0 Å². The lowest BCUT2D eigenvalue weighted by Gasteiger charge is -2.13. The molecule has 29 heavy (non-hydrogen) atoms. The summed E-state index contributed by atoms with van der Waals surface area (Å²) in [7, 11) is 0. The van der Waals surface area contributed by atoms with Crippen LogP contribution < -0.4 is 10.2 Å². The minimum atomic E-state index is -0.443. The summed E-state index contributed by atoms with van der Waals surface area (Å²) in [6.45, 7) is 8.25. The number of carbonyl (C=O) groups excluding carboxylic acids is 3. The number of aromatic amines is 1. The van der Waals surface area contributed by atoms with Crippen molar-refractivity contribution in [2.24, 2.45) is 0 Å². The zero-order valence-electron chi connectivity index (χ0n) is 17.0. The third kappa shape index (κ3) is 4.42. The number of benzene rings is 1. The molecule has 0 atom stereocenters. The molecule has 0 aliphatic carbocycles. The average molecular weight is 399 g/mol. The van der Waals surface area contributed by atoms with Crippen molar-refractivity contribution in [1.29, 1.82) is 0 Å². The fraction of sp³-hybridized carbons (Fsp3) is 0.381. The van der Waals surface area contributed by atoms with Crippen LogP contribution in [0.3, 0.4) is 0 Å². The lowest BCUT2D eigenvalue weighted by Crippen LogP contribution is -2.25. The number of rotatable bonds is 6. The van der Waals surface area contributed by atoms with Crippen molar-refractivity contribution in [3.05, 3.63) is 52.3 Å². The van der Waals surface area contributed by atoms with Gasteiger partial charge in [0.2, 0.25) is 0 Å². The molecule has 1 aliphatic heterocycles. The van der Waals surface area contributed by atoms with Crippen molar-refractivity contribution >= 4 is 23.7 Å². The van der Waals surface area contributed by atoms with Gasteiger partial charge in [-0.2, -0.15) is 0 Å². The molecule has 8 heteroatoms. The maximum absolute atomic E-state index is 12.6.